The number of hydrogen-bond donors (Lipinski definition) is 0. The van der Waals surface area contributed by atoms with E-state index in [2.05, 4.69) is 0 Å². The fraction of sp³-hybridized carbons (Fsp3) is 0.200. The summed E-state index contributed by atoms with van der Waals surface area (Å²) in [6.07, 6.45) is 0. The Morgan fingerprint density at radius 1 is 1.20 bits per heavy atom. The Balaban J connectivity index is 2.46. The first-order valence-electron chi connectivity index (χ1n) is 4.37. The van der Waals surface area contributed by atoms with Gasteiger partial charge in [0.15, 0.2) is 0 Å². The van der Waals surface area contributed by atoms with Crippen molar-refractivity contribution in [1.29, 1.82) is 0 Å². The van der Waals surface area contributed by atoms with E-state index in [9.17, 15) is 14.0 Å². The zero-order chi connectivity index (χ0) is 11.0. The van der Waals surface area contributed by atoms with E-state index in [1.165, 1.54) is 6.07 Å². The standard InChI is InChI=1S/C10H7ClFNO2/c11-3-4-13-9(14)7-2-1-6(12)5-8(7)10(13)15/h1-2,5H,3-4H2. The minimum absolute atomic E-state index is 0.116. The highest BCUT2D eigenvalue weighted by molar-refractivity contribution is 6.22. The number of nitrogens with zero attached hydrogens (tertiary/aromatic N) is 1. The summed E-state index contributed by atoms with van der Waals surface area (Å²) in [5, 5.41) is 0. The number of rotatable bonds is 2. The van der Waals surface area contributed by atoms with E-state index >= 15 is 0 Å². The maximum Gasteiger partial charge on any atom is 0.261 e. The molecule has 15 heavy (non-hydrogen) atoms. The number of carbonyl (C=O) groups excluding carboxylic acids is 2. The Labute approximate surface area is 90.4 Å². The molecule has 0 aromatic heterocycles. The van der Waals surface area contributed by atoms with E-state index in [1.54, 1.807) is 0 Å². The molecule has 3 nitrogen and oxygen atoms in total. The molecule has 1 aromatic rings. The third-order valence-electron chi connectivity index (χ3n) is 2.24. The maximum absolute atomic E-state index is 12.9. The third-order valence-corrected chi connectivity index (χ3v) is 2.41. The predicted octanol–water partition coefficient (Wildman–Crippen LogP) is 1.66. The van der Waals surface area contributed by atoms with Crippen LogP contribution < -0.4 is 0 Å². The van der Waals surface area contributed by atoms with Crippen LogP contribution in [0.1, 0.15) is 20.7 Å². The highest BCUT2D eigenvalue weighted by Gasteiger charge is 2.35. The lowest BCUT2D eigenvalue weighted by Gasteiger charge is -2.10. The summed E-state index contributed by atoms with van der Waals surface area (Å²) in [4.78, 5) is 24.3. The largest absolute Gasteiger partial charge is 0.273 e. The molecule has 0 aliphatic carbocycles. The molecule has 0 atom stereocenters. The van der Waals surface area contributed by atoms with Crippen LogP contribution in [0.4, 0.5) is 4.39 Å². The molecule has 5 heteroatoms. The molecule has 0 bridgehead atoms. The van der Waals surface area contributed by atoms with Crippen molar-refractivity contribution in [2.75, 3.05) is 12.4 Å². The highest BCUT2D eigenvalue weighted by atomic mass is 35.5. The Morgan fingerprint density at radius 3 is 2.53 bits per heavy atom. The first-order chi connectivity index (χ1) is 7.15. The zero-order valence-electron chi connectivity index (χ0n) is 7.67. The van der Waals surface area contributed by atoms with Crippen molar-refractivity contribution in [2.45, 2.75) is 0 Å². The van der Waals surface area contributed by atoms with Gasteiger partial charge in [0.05, 0.1) is 11.1 Å². The van der Waals surface area contributed by atoms with Crippen LogP contribution in [0.5, 0.6) is 0 Å². The minimum Gasteiger partial charge on any atom is -0.273 e. The van der Waals surface area contributed by atoms with Crippen LogP contribution in [0.3, 0.4) is 0 Å². The van der Waals surface area contributed by atoms with E-state index in [4.69, 9.17) is 11.6 Å². The Hall–Kier alpha value is -1.42. The quantitative estimate of drug-likeness (QED) is 0.569. The van der Waals surface area contributed by atoms with Gasteiger partial charge in [0.25, 0.3) is 11.8 Å². The van der Waals surface area contributed by atoms with Gasteiger partial charge in [0.2, 0.25) is 0 Å². The van der Waals surface area contributed by atoms with Crippen molar-refractivity contribution in [3.8, 4) is 0 Å². The van der Waals surface area contributed by atoms with Gasteiger partial charge in [-0.25, -0.2) is 4.39 Å². The van der Waals surface area contributed by atoms with E-state index in [0.29, 0.717) is 0 Å². The molecule has 0 unspecified atom stereocenters. The van der Waals surface area contributed by atoms with Crippen LogP contribution in [0.2, 0.25) is 0 Å². The van der Waals surface area contributed by atoms with Crippen LogP contribution in [-0.4, -0.2) is 29.1 Å². The summed E-state index contributed by atoms with van der Waals surface area (Å²) in [7, 11) is 0. The second kappa shape index (κ2) is 3.62. The lowest BCUT2D eigenvalue weighted by atomic mass is 10.1. The Morgan fingerprint density at radius 2 is 1.87 bits per heavy atom. The van der Waals surface area contributed by atoms with Gasteiger partial charge in [-0.2, -0.15) is 0 Å². The molecule has 0 radical (unpaired) electrons. The molecule has 1 aromatic carbocycles. The van der Waals surface area contributed by atoms with Crippen molar-refractivity contribution >= 4 is 23.4 Å². The molecule has 0 saturated heterocycles. The molecule has 0 saturated carbocycles. The normalized spacial score (nSPS) is 14.7. The summed E-state index contributed by atoms with van der Waals surface area (Å²) < 4.78 is 12.9. The number of imide groups is 1. The first-order valence-corrected chi connectivity index (χ1v) is 4.90. The van der Waals surface area contributed by atoms with E-state index in [0.717, 1.165) is 17.0 Å². The van der Waals surface area contributed by atoms with Crippen molar-refractivity contribution in [3.05, 3.63) is 35.1 Å². The second-order valence-electron chi connectivity index (χ2n) is 3.14. The minimum atomic E-state index is -0.525. The van der Waals surface area contributed by atoms with E-state index in [1.807, 2.05) is 0 Å². The molecular formula is C10H7ClFNO2. The number of alkyl halides is 1. The number of fused-ring (bicyclic) bond motifs is 1. The number of hydrogen-bond acceptors (Lipinski definition) is 2. The molecule has 1 aliphatic heterocycles. The fourth-order valence-electron chi connectivity index (χ4n) is 1.55. The summed E-state index contributed by atoms with van der Waals surface area (Å²) in [5.41, 5.74) is 0.358. The Bertz CT molecular complexity index is 447. The summed E-state index contributed by atoms with van der Waals surface area (Å²) in [6.45, 7) is 0.148. The number of carbonyl (C=O) groups is 2. The van der Waals surface area contributed by atoms with Crippen LogP contribution in [0.15, 0.2) is 18.2 Å². The van der Waals surface area contributed by atoms with Crippen LogP contribution in [0, 0.1) is 5.82 Å². The van der Waals surface area contributed by atoms with Crippen molar-refractivity contribution in [3.63, 3.8) is 0 Å². The number of amides is 2. The maximum atomic E-state index is 12.9. The average Bonchev–Trinajstić information content (AvgIpc) is 2.44. The molecular weight excluding hydrogens is 221 g/mol. The molecule has 1 aliphatic rings. The molecule has 0 N–H and O–H groups in total. The second-order valence-corrected chi connectivity index (χ2v) is 3.52. The third kappa shape index (κ3) is 1.51. The highest BCUT2D eigenvalue weighted by Crippen LogP contribution is 2.23. The predicted molar refractivity (Wildman–Crippen MR) is 52.5 cm³/mol. The van der Waals surface area contributed by atoms with Crippen LogP contribution >= 0.6 is 11.6 Å². The fourth-order valence-corrected chi connectivity index (χ4v) is 1.72. The topological polar surface area (TPSA) is 37.4 Å². The molecule has 78 valence electrons. The lowest BCUT2D eigenvalue weighted by molar-refractivity contribution is 0.0664. The number of halogens is 2. The molecule has 0 spiro atoms. The van der Waals surface area contributed by atoms with Crippen LogP contribution in [0.25, 0.3) is 0 Å². The van der Waals surface area contributed by atoms with Crippen LogP contribution in [-0.2, 0) is 0 Å². The Kier molecular flexibility index (Phi) is 2.44. The van der Waals surface area contributed by atoms with Gasteiger partial charge in [-0.15, -0.1) is 11.6 Å². The van der Waals surface area contributed by atoms with Gasteiger partial charge in [-0.1, -0.05) is 0 Å². The lowest BCUT2D eigenvalue weighted by Crippen LogP contribution is -2.31. The van der Waals surface area contributed by atoms with E-state index < -0.39 is 17.6 Å². The van der Waals surface area contributed by atoms with Gasteiger partial charge in [-0.3, -0.25) is 14.5 Å². The molecule has 1 heterocycles. The van der Waals surface area contributed by atoms with Gasteiger partial charge in [-0.05, 0) is 18.2 Å². The SMILES string of the molecule is O=C1c2ccc(F)cc2C(=O)N1CCCl. The van der Waals surface area contributed by atoms with Gasteiger partial charge < -0.3 is 0 Å². The van der Waals surface area contributed by atoms with Crippen molar-refractivity contribution in [1.82, 2.24) is 4.90 Å². The molecule has 0 fully saturated rings. The first kappa shape index (κ1) is 10.1. The average molecular weight is 228 g/mol. The van der Waals surface area contributed by atoms with Gasteiger partial charge >= 0.3 is 0 Å². The van der Waals surface area contributed by atoms with E-state index in [-0.39, 0.29) is 23.6 Å². The van der Waals surface area contributed by atoms with Gasteiger partial charge in [0.1, 0.15) is 5.82 Å². The monoisotopic (exact) mass is 227 g/mol. The smallest absolute Gasteiger partial charge is 0.261 e. The summed E-state index contributed by atoms with van der Waals surface area (Å²) in [5.74, 6) is -1.23. The summed E-state index contributed by atoms with van der Waals surface area (Å²) in [6, 6.07) is 3.55. The van der Waals surface area contributed by atoms with Crippen molar-refractivity contribution in [2.24, 2.45) is 0 Å². The zero-order valence-corrected chi connectivity index (χ0v) is 8.42. The van der Waals surface area contributed by atoms with Crippen molar-refractivity contribution < 1.29 is 14.0 Å². The van der Waals surface area contributed by atoms with Gasteiger partial charge in [0, 0.05) is 12.4 Å². The molecule has 2 rings (SSSR count). The molecule has 2 amide bonds. The summed E-state index contributed by atoms with van der Waals surface area (Å²) >= 11 is 5.47. The number of benzene rings is 1.